The van der Waals surface area contributed by atoms with Crippen LogP contribution in [0.5, 0.6) is 0 Å². The third-order valence-electron chi connectivity index (χ3n) is 6.80. The van der Waals surface area contributed by atoms with Gasteiger partial charge in [0.15, 0.2) is 11.5 Å². The van der Waals surface area contributed by atoms with Crippen molar-refractivity contribution in [2.75, 3.05) is 11.4 Å². The monoisotopic (exact) mass is 434 g/mol. The highest BCUT2D eigenvalue weighted by Gasteiger charge is 2.46. The van der Waals surface area contributed by atoms with Crippen LogP contribution in [0.1, 0.15) is 35.2 Å². The number of hydrogen-bond donors (Lipinski definition) is 0. The molecule has 0 atom stereocenters. The van der Waals surface area contributed by atoms with Crippen LogP contribution in [-0.4, -0.2) is 26.1 Å². The lowest BCUT2D eigenvalue weighted by Gasteiger charge is -2.30. The Morgan fingerprint density at radius 3 is 2.79 bits per heavy atom. The molecule has 2 aliphatic rings. The minimum Gasteiger partial charge on any atom is -0.350 e. The van der Waals surface area contributed by atoms with Crippen LogP contribution < -0.4 is 10.5 Å². The summed E-state index contributed by atoms with van der Waals surface area (Å²) in [7, 11) is 0. The van der Waals surface area contributed by atoms with Gasteiger partial charge in [-0.25, -0.2) is 4.98 Å². The Hall–Kier alpha value is -4.05. The molecule has 7 heteroatoms. The van der Waals surface area contributed by atoms with Crippen molar-refractivity contribution in [3.8, 4) is 17.2 Å². The molecule has 33 heavy (non-hydrogen) atoms. The van der Waals surface area contributed by atoms with E-state index in [4.69, 9.17) is 4.98 Å². The zero-order valence-corrected chi connectivity index (χ0v) is 18.3. The van der Waals surface area contributed by atoms with E-state index in [-0.39, 0.29) is 11.0 Å². The second-order valence-electron chi connectivity index (χ2n) is 8.94. The molecule has 0 amide bonds. The highest BCUT2D eigenvalue weighted by molar-refractivity contribution is 5.71. The Morgan fingerprint density at radius 2 is 1.97 bits per heavy atom. The molecule has 162 valence electrons. The van der Waals surface area contributed by atoms with Crippen molar-refractivity contribution >= 4 is 11.5 Å². The topological polar surface area (TPSA) is 87.2 Å². The van der Waals surface area contributed by atoms with E-state index in [1.54, 1.807) is 0 Å². The molecule has 0 unspecified atom stereocenters. The van der Waals surface area contributed by atoms with Gasteiger partial charge in [0, 0.05) is 49.2 Å². The molecule has 0 bridgehead atoms. The zero-order chi connectivity index (χ0) is 22.6. The third-order valence-corrected chi connectivity index (χ3v) is 6.80. The van der Waals surface area contributed by atoms with E-state index in [1.165, 1.54) is 16.8 Å². The van der Waals surface area contributed by atoms with Crippen molar-refractivity contribution in [3.05, 3.63) is 87.6 Å². The maximum absolute atomic E-state index is 12.3. The fourth-order valence-corrected chi connectivity index (χ4v) is 4.83. The van der Waals surface area contributed by atoms with Crippen LogP contribution in [0, 0.1) is 18.3 Å². The fraction of sp³-hybridized carbons (Fsp3) is 0.269. The molecular formula is C26H22N6O. The number of rotatable bonds is 3. The highest BCUT2D eigenvalue weighted by Crippen LogP contribution is 2.50. The number of pyridine rings is 1. The molecule has 1 fully saturated rings. The number of nitrogens with zero attached hydrogens (tertiary/aromatic N) is 6. The first-order valence-electron chi connectivity index (χ1n) is 11.2. The van der Waals surface area contributed by atoms with E-state index in [0.29, 0.717) is 12.2 Å². The molecule has 1 aliphatic heterocycles. The van der Waals surface area contributed by atoms with Gasteiger partial charge in [0.05, 0.1) is 11.5 Å². The summed E-state index contributed by atoms with van der Waals surface area (Å²) in [6, 6.07) is 16.2. The van der Waals surface area contributed by atoms with Crippen LogP contribution in [0.4, 0.5) is 5.82 Å². The molecule has 1 saturated carbocycles. The lowest BCUT2D eigenvalue weighted by atomic mass is 9.89. The molecule has 0 N–H and O–H groups in total. The average molecular weight is 435 g/mol. The third kappa shape index (κ3) is 3.18. The maximum atomic E-state index is 12.3. The molecular weight excluding hydrogens is 412 g/mol. The predicted octanol–water partition coefficient (Wildman–Crippen LogP) is 3.58. The van der Waals surface area contributed by atoms with E-state index in [1.807, 2.05) is 31.3 Å². The number of nitriles is 1. The van der Waals surface area contributed by atoms with Crippen LogP contribution in [0.2, 0.25) is 0 Å². The first-order valence-corrected chi connectivity index (χ1v) is 11.2. The van der Waals surface area contributed by atoms with Gasteiger partial charge in [-0.2, -0.15) is 9.78 Å². The van der Waals surface area contributed by atoms with Gasteiger partial charge in [-0.15, -0.1) is 5.10 Å². The van der Waals surface area contributed by atoms with Gasteiger partial charge in [-0.05, 0) is 54.2 Å². The number of fused-ring (bicyclic) bond motifs is 2. The summed E-state index contributed by atoms with van der Waals surface area (Å²) in [5.41, 5.74) is 6.45. The molecule has 4 heterocycles. The molecule has 1 aliphatic carbocycles. The summed E-state index contributed by atoms with van der Waals surface area (Å²) in [6.07, 6.45) is 6.08. The maximum Gasteiger partial charge on any atom is 0.274 e. The van der Waals surface area contributed by atoms with Crippen LogP contribution in [0.15, 0.2) is 59.7 Å². The number of hydrogen-bond acceptors (Lipinski definition) is 6. The van der Waals surface area contributed by atoms with Crippen molar-refractivity contribution in [1.82, 2.24) is 19.6 Å². The number of aryl methyl sites for hydroxylation is 1. The van der Waals surface area contributed by atoms with E-state index < -0.39 is 0 Å². The van der Waals surface area contributed by atoms with Crippen LogP contribution in [0.25, 0.3) is 16.8 Å². The van der Waals surface area contributed by atoms with Crippen molar-refractivity contribution in [2.45, 2.75) is 38.1 Å². The lowest BCUT2D eigenvalue weighted by molar-refractivity contribution is 0.685. The largest absolute Gasteiger partial charge is 0.350 e. The van der Waals surface area contributed by atoms with E-state index >= 15 is 0 Å². The quantitative estimate of drug-likeness (QED) is 0.490. The van der Waals surface area contributed by atoms with Gasteiger partial charge in [-0.1, -0.05) is 24.3 Å². The molecule has 0 saturated heterocycles. The highest BCUT2D eigenvalue weighted by atomic mass is 16.1. The summed E-state index contributed by atoms with van der Waals surface area (Å²) < 4.78 is 1.36. The first kappa shape index (κ1) is 19.6. The van der Waals surface area contributed by atoms with Crippen molar-refractivity contribution in [2.24, 2.45) is 0 Å². The Balaban J connectivity index is 1.39. The fourth-order valence-electron chi connectivity index (χ4n) is 4.83. The Morgan fingerprint density at radius 1 is 1.12 bits per heavy atom. The number of anilines is 1. The second kappa shape index (κ2) is 7.24. The molecule has 1 aromatic carbocycles. The van der Waals surface area contributed by atoms with E-state index in [0.717, 1.165) is 65.1 Å². The zero-order valence-electron chi connectivity index (χ0n) is 18.3. The standard InChI is InChI=1S/C26H22N6O/c1-17-12-23-28-10-6-24(33)32(23)30-25(17)31-11-7-22-19(15-31)13-18(14-29-22)20-4-2-3-5-21(20)26(16-27)8-9-26/h2-6,10,12-14H,7-9,11,15H2,1H3. The van der Waals surface area contributed by atoms with Gasteiger partial charge in [-0.3, -0.25) is 9.78 Å². The summed E-state index contributed by atoms with van der Waals surface area (Å²) in [6.45, 7) is 3.44. The summed E-state index contributed by atoms with van der Waals surface area (Å²) in [5.74, 6) is 0.787. The van der Waals surface area contributed by atoms with Gasteiger partial charge in [0.2, 0.25) is 0 Å². The van der Waals surface area contributed by atoms with Gasteiger partial charge in [0.1, 0.15) is 0 Å². The SMILES string of the molecule is Cc1cc2nccc(=O)n2nc1N1CCc2ncc(-c3ccccc3C3(C#N)CC3)cc2C1. The average Bonchev–Trinajstić information content (AvgIpc) is 3.64. The second-order valence-corrected chi connectivity index (χ2v) is 8.94. The van der Waals surface area contributed by atoms with Crippen LogP contribution >= 0.6 is 0 Å². The van der Waals surface area contributed by atoms with Crippen LogP contribution in [-0.2, 0) is 18.4 Å². The van der Waals surface area contributed by atoms with Crippen molar-refractivity contribution in [1.29, 1.82) is 5.26 Å². The first-order chi connectivity index (χ1) is 16.1. The Labute approximate surface area is 191 Å². The van der Waals surface area contributed by atoms with E-state index in [2.05, 4.69) is 39.3 Å². The smallest absolute Gasteiger partial charge is 0.274 e. The number of aromatic nitrogens is 4. The van der Waals surface area contributed by atoms with Crippen LogP contribution in [0.3, 0.4) is 0 Å². The summed E-state index contributed by atoms with van der Waals surface area (Å²) >= 11 is 0. The normalized spacial score (nSPS) is 16.3. The molecule has 4 aromatic rings. The molecule has 7 nitrogen and oxygen atoms in total. The number of benzene rings is 1. The Bertz CT molecular complexity index is 1510. The minimum absolute atomic E-state index is 0.189. The molecule has 6 rings (SSSR count). The van der Waals surface area contributed by atoms with Gasteiger partial charge < -0.3 is 4.90 Å². The summed E-state index contributed by atoms with van der Waals surface area (Å²) in [4.78, 5) is 23.5. The van der Waals surface area contributed by atoms with Crippen molar-refractivity contribution < 1.29 is 0 Å². The van der Waals surface area contributed by atoms with E-state index in [9.17, 15) is 10.1 Å². The predicted molar refractivity (Wildman–Crippen MR) is 125 cm³/mol. The van der Waals surface area contributed by atoms with Gasteiger partial charge in [0.25, 0.3) is 5.56 Å². The van der Waals surface area contributed by atoms with Crippen molar-refractivity contribution in [3.63, 3.8) is 0 Å². The molecule has 3 aromatic heterocycles. The summed E-state index contributed by atoms with van der Waals surface area (Å²) in [5, 5.41) is 14.4. The molecule has 0 radical (unpaired) electrons. The minimum atomic E-state index is -0.355. The van der Waals surface area contributed by atoms with Gasteiger partial charge >= 0.3 is 0 Å². The molecule has 0 spiro atoms. The lowest BCUT2D eigenvalue weighted by Crippen LogP contribution is -2.33. The Kier molecular flexibility index (Phi) is 4.31.